The Labute approximate surface area is 104 Å². The van der Waals surface area contributed by atoms with Gasteiger partial charge in [-0.15, -0.1) is 6.54 Å². The SMILES string of the molecule is C[N-]Cc1ccc2c(Br)c(OC)ccc2c1. The summed E-state index contributed by atoms with van der Waals surface area (Å²) < 4.78 is 6.27. The fourth-order valence-electron chi connectivity index (χ4n) is 1.76. The maximum absolute atomic E-state index is 5.27. The molecule has 2 aromatic carbocycles. The molecule has 0 saturated heterocycles. The lowest BCUT2D eigenvalue weighted by Crippen LogP contribution is -1.87. The number of fused-ring (bicyclic) bond motifs is 1. The third kappa shape index (κ3) is 2.06. The minimum atomic E-state index is 0.763. The minimum absolute atomic E-state index is 0.763. The van der Waals surface area contributed by atoms with E-state index < -0.39 is 0 Å². The first-order chi connectivity index (χ1) is 7.76. The van der Waals surface area contributed by atoms with Crippen LogP contribution in [0.3, 0.4) is 0 Å². The third-order valence-corrected chi connectivity index (χ3v) is 3.36. The molecule has 0 saturated carbocycles. The summed E-state index contributed by atoms with van der Waals surface area (Å²) in [6.07, 6.45) is 0. The van der Waals surface area contributed by atoms with Crippen LogP contribution in [0.25, 0.3) is 16.1 Å². The van der Waals surface area contributed by atoms with Gasteiger partial charge in [-0.3, -0.25) is 0 Å². The molecule has 0 amide bonds. The largest absolute Gasteiger partial charge is 0.661 e. The van der Waals surface area contributed by atoms with E-state index in [0.717, 1.165) is 16.8 Å². The maximum Gasteiger partial charge on any atom is 0.133 e. The summed E-state index contributed by atoms with van der Waals surface area (Å²) in [6.45, 7) is 0.763. The number of benzene rings is 2. The fraction of sp³-hybridized carbons (Fsp3) is 0.231. The highest BCUT2D eigenvalue weighted by molar-refractivity contribution is 9.10. The van der Waals surface area contributed by atoms with Crippen molar-refractivity contribution in [3.8, 4) is 5.75 Å². The number of ether oxygens (including phenoxy) is 1. The van der Waals surface area contributed by atoms with Crippen LogP contribution in [0.4, 0.5) is 0 Å². The number of hydrogen-bond acceptors (Lipinski definition) is 1. The molecule has 0 aliphatic rings. The molecule has 3 heteroatoms. The van der Waals surface area contributed by atoms with Gasteiger partial charge in [0.2, 0.25) is 0 Å². The molecule has 0 aromatic heterocycles. The van der Waals surface area contributed by atoms with Crippen molar-refractivity contribution in [2.75, 3.05) is 14.2 Å². The van der Waals surface area contributed by atoms with Gasteiger partial charge < -0.3 is 10.1 Å². The van der Waals surface area contributed by atoms with E-state index in [1.807, 2.05) is 13.1 Å². The highest BCUT2D eigenvalue weighted by Crippen LogP contribution is 2.33. The zero-order valence-electron chi connectivity index (χ0n) is 9.33. The van der Waals surface area contributed by atoms with E-state index in [0.29, 0.717) is 0 Å². The molecule has 0 aliphatic carbocycles. The summed E-state index contributed by atoms with van der Waals surface area (Å²) in [5.74, 6) is 0.862. The Morgan fingerprint density at radius 3 is 2.75 bits per heavy atom. The molecule has 2 rings (SSSR count). The Morgan fingerprint density at radius 1 is 1.25 bits per heavy atom. The summed E-state index contributed by atoms with van der Waals surface area (Å²) in [4.78, 5) is 0. The first kappa shape index (κ1) is 11.4. The summed E-state index contributed by atoms with van der Waals surface area (Å²) in [6, 6.07) is 10.4. The summed E-state index contributed by atoms with van der Waals surface area (Å²) >= 11 is 3.56. The molecule has 84 valence electrons. The summed E-state index contributed by atoms with van der Waals surface area (Å²) in [5.41, 5.74) is 1.23. The Kier molecular flexibility index (Phi) is 3.46. The smallest absolute Gasteiger partial charge is 0.133 e. The van der Waals surface area contributed by atoms with Gasteiger partial charge in [-0.05, 0) is 32.8 Å². The number of methoxy groups -OCH3 is 1. The summed E-state index contributed by atoms with van der Waals surface area (Å²) in [5, 5.41) is 6.50. The quantitative estimate of drug-likeness (QED) is 0.829. The normalized spacial score (nSPS) is 10.7. The van der Waals surface area contributed by atoms with Crippen LogP contribution in [-0.4, -0.2) is 14.2 Å². The molecular weight excluding hydrogens is 266 g/mol. The van der Waals surface area contributed by atoms with Crippen molar-refractivity contribution in [1.29, 1.82) is 0 Å². The number of hydrogen-bond donors (Lipinski definition) is 0. The van der Waals surface area contributed by atoms with Crippen LogP contribution in [0.15, 0.2) is 34.8 Å². The lowest BCUT2D eigenvalue weighted by Gasteiger charge is -2.13. The van der Waals surface area contributed by atoms with Crippen molar-refractivity contribution >= 4 is 26.7 Å². The minimum Gasteiger partial charge on any atom is -0.661 e. The molecule has 0 bridgehead atoms. The van der Waals surface area contributed by atoms with E-state index in [1.54, 1.807) is 7.11 Å². The second-order valence-electron chi connectivity index (χ2n) is 3.61. The molecule has 16 heavy (non-hydrogen) atoms. The van der Waals surface area contributed by atoms with Crippen molar-refractivity contribution < 1.29 is 4.74 Å². The van der Waals surface area contributed by atoms with Crippen molar-refractivity contribution in [2.45, 2.75) is 6.54 Å². The fourth-order valence-corrected chi connectivity index (χ4v) is 2.42. The van der Waals surface area contributed by atoms with Gasteiger partial charge in [0.15, 0.2) is 0 Å². The predicted octanol–water partition coefficient (Wildman–Crippen LogP) is 4.11. The van der Waals surface area contributed by atoms with Gasteiger partial charge in [-0.1, -0.05) is 29.8 Å². The molecule has 0 fully saturated rings. The molecule has 0 aliphatic heterocycles. The standard InChI is InChI=1S/C13H13BrNO/c1-15-8-9-3-5-11-10(7-9)4-6-12(16-2)13(11)14/h3-7H,8H2,1-2H3/q-1. The average Bonchev–Trinajstić information content (AvgIpc) is 2.30. The second kappa shape index (κ2) is 4.85. The van der Waals surface area contributed by atoms with Crippen LogP contribution >= 0.6 is 15.9 Å². The topological polar surface area (TPSA) is 23.3 Å². The Hall–Kier alpha value is -1.06. The molecule has 0 atom stereocenters. The zero-order chi connectivity index (χ0) is 11.5. The van der Waals surface area contributed by atoms with E-state index in [1.165, 1.54) is 16.3 Å². The van der Waals surface area contributed by atoms with E-state index in [-0.39, 0.29) is 0 Å². The van der Waals surface area contributed by atoms with Crippen LogP contribution in [0, 0.1) is 0 Å². The predicted molar refractivity (Wildman–Crippen MR) is 71.2 cm³/mol. The van der Waals surface area contributed by atoms with Gasteiger partial charge in [0.05, 0.1) is 11.6 Å². The third-order valence-electron chi connectivity index (χ3n) is 2.54. The van der Waals surface area contributed by atoms with E-state index >= 15 is 0 Å². The Balaban J connectivity index is 2.56. The van der Waals surface area contributed by atoms with Crippen LogP contribution in [-0.2, 0) is 6.54 Å². The number of nitrogens with zero attached hydrogens (tertiary/aromatic N) is 1. The first-order valence-corrected chi connectivity index (χ1v) is 5.86. The van der Waals surface area contributed by atoms with Crippen molar-refractivity contribution in [3.63, 3.8) is 0 Å². The van der Waals surface area contributed by atoms with E-state index in [9.17, 15) is 0 Å². The maximum atomic E-state index is 5.27. The van der Waals surface area contributed by atoms with Crippen LogP contribution in [0.1, 0.15) is 5.56 Å². The monoisotopic (exact) mass is 278 g/mol. The molecular formula is C13H13BrNO-. The lowest BCUT2D eigenvalue weighted by atomic mass is 10.1. The van der Waals surface area contributed by atoms with Gasteiger partial charge in [0.25, 0.3) is 0 Å². The Morgan fingerprint density at radius 2 is 2.06 bits per heavy atom. The first-order valence-electron chi connectivity index (χ1n) is 5.07. The molecule has 0 N–H and O–H groups in total. The Bertz CT molecular complexity index is 511. The molecule has 0 heterocycles. The van der Waals surface area contributed by atoms with Crippen molar-refractivity contribution in [2.24, 2.45) is 0 Å². The number of halogens is 1. The van der Waals surface area contributed by atoms with Crippen molar-refractivity contribution in [1.82, 2.24) is 0 Å². The van der Waals surface area contributed by atoms with E-state index in [4.69, 9.17) is 4.74 Å². The molecule has 0 spiro atoms. The average molecular weight is 279 g/mol. The molecule has 2 aromatic rings. The van der Waals surface area contributed by atoms with Crippen molar-refractivity contribution in [3.05, 3.63) is 45.7 Å². The van der Waals surface area contributed by atoms with Gasteiger partial charge >= 0.3 is 0 Å². The second-order valence-corrected chi connectivity index (χ2v) is 4.40. The van der Waals surface area contributed by atoms with Gasteiger partial charge in [-0.2, -0.15) is 7.05 Å². The molecule has 0 radical (unpaired) electrons. The van der Waals surface area contributed by atoms with E-state index in [2.05, 4.69) is 45.5 Å². The van der Waals surface area contributed by atoms with Gasteiger partial charge in [0, 0.05) is 0 Å². The highest BCUT2D eigenvalue weighted by Gasteiger charge is 2.04. The van der Waals surface area contributed by atoms with Gasteiger partial charge in [0.1, 0.15) is 5.75 Å². The molecule has 2 nitrogen and oxygen atoms in total. The lowest BCUT2D eigenvalue weighted by molar-refractivity contribution is 0.413. The molecule has 0 unspecified atom stereocenters. The zero-order valence-corrected chi connectivity index (χ0v) is 10.9. The van der Waals surface area contributed by atoms with Crippen LogP contribution in [0.2, 0.25) is 0 Å². The van der Waals surface area contributed by atoms with Crippen LogP contribution in [0.5, 0.6) is 5.75 Å². The summed E-state index contributed by atoms with van der Waals surface area (Å²) in [7, 11) is 3.50. The van der Waals surface area contributed by atoms with Gasteiger partial charge in [-0.25, -0.2) is 0 Å². The van der Waals surface area contributed by atoms with Crippen LogP contribution < -0.4 is 4.74 Å². The highest BCUT2D eigenvalue weighted by atomic mass is 79.9. The number of rotatable bonds is 3.